The number of nitrogens with zero attached hydrogens (tertiary/aromatic N) is 5. The molecule has 0 radical (unpaired) electrons. The SMILES string of the molecule is COc1ccc(C2=NN(C3CCN(C(=O)CN4CCN(C(c5ccccc5)c5ccccc5)CC4)CC3)C(=O)CC2)cc1OC.Cl.Cl. The number of carbonyl (C=O) groups is 2. The highest BCUT2D eigenvalue weighted by Gasteiger charge is 2.33. The first-order valence-corrected chi connectivity index (χ1v) is 16.0. The van der Waals surface area contributed by atoms with E-state index in [9.17, 15) is 9.59 Å². The molecule has 3 aliphatic heterocycles. The Hall–Kier alpha value is -3.63. The van der Waals surface area contributed by atoms with E-state index in [2.05, 4.69) is 70.5 Å². The molecule has 0 aliphatic carbocycles. The first-order valence-electron chi connectivity index (χ1n) is 16.0. The van der Waals surface area contributed by atoms with Crippen molar-refractivity contribution in [2.75, 3.05) is 60.0 Å². The summed E-state index contributed by atoms with van der Waals surface area (Å²) in [5.74, 6) is 1.52. The summed E-state index contributed by atoms with van der Waals surface area (Å²) in [6.45, 7) is 5.23. The number of rotatable bonds is 9. The number of hydrogen-bond donors (Lipinski definition) is 0. The van der Waals surface area contributed by atoms with Crippen molar-refractivity contribution in [1.82, 2.24) is 19.7 Å². The van der Waals surface area contributed by atoms with Crippen molar-refractivity contribution in [2.45, 2.75) is 37.8 Å². The molecule has 3 heterocycles. The van der Waals surface area contributed by atoms with Gasteiger partial charge in [-0.15, -0.1) is 24.8 Å². The Morgan fingerprint density at radius 2 is 1.38 bits per heavy atom. The van der Waals surface area contributed by atoms with Gasteiger partial charge in [-0.2, -0.15) is 5.10 Å². The quantitative estimate of drug-likeness (QED) is 0.306. The van der Waals surface area contributed by atoms with E-state index in [-0.39, 0.29) is 48.7 Å². The van der Waals surface area contributed by atoms with Crippen molar-refractivity contribution in [2.24, 2.45) is 5.10 Å². The minimum absolute atomic E-state index is 0. The third kappa shape index (κ3) is 8.46. The van der Waals surface area contributed by atoms with E-state index in [1.54, 1.807) is 19.2 Å². The second-order valence-corrected chi connectivity index (χ2v) is 12.0. The number of piperidine rings is 1. The maximum absolute atomic E-state index is 13.4. The Labute approximate surface area is 290 Å². The van der Waals surface area contributed by atoms with Crippen LogP contribution in [-0.4, -0.2) is 103 Å². The topological polar surface area (TPSA) is 77.9 Å². The fraction of sp³-hybridized carbons (Fsp3) is 0.417. The number of carbonyl (C=O) groups excluding carboxylic acids is 2. The highest BCUT2D eigenvalue weighted by Crippen LogP contribution is 2.31. The molecule has 0 N–H and O–H groups in total. The molecule has 0 bridgehead atoms. The molecule has 11 heteroatoms. The van der Waals surface area contributed by atoms with Crippen LogP contribution in [0.25, 0.3) is 0 Å². The molecule has 0 aromatic heterocycles. The van der Waals surface area contributed by atoms with Crippen molar-refractivity contribution < 1.29 is 19.1 Å². The van der Waals surface area contributed by atoms with E-state index in [0.717, 1.165) is 50.3 Å². The smallest absolute Gasteiger partial charge is 0.243 e. The van der Waals surface area contributed by atoms with Crippen molar-refractivity contribution >= 4 is 42.3 Å². The van der Waals surface area contributed by atoms with E-state index in [4.69, 9.17) is 14.6 Å². The molecule has 0 atom stereocenters. The number of amides is 2. The summed E-state index contributed by atoms with van der Waals surface area (Å²) in [5, 5.41) is 6.48. The number of hydrazone groups is 1. The predicted molar refractivity (Wildman–Crippen MR) is 189 cm³/mol. The summed E-state index contributed by atoms with van der Waals surface area (Å²) in [5.41, 5.74) is 4.39. The lowest BCUT2D eigenvalue weighted by molar-refractivity contribution is -0.138. The van der Waals surface area contributed by atoms with Gasteiger partial charge in [-0.3, -0.25) is 19.4 Å². The minimum Gasteiger partial charge on any atom is -0.493 e. The lowest BCUT2D eigenvalue weighted by Crippen LogP contribution is -2.53. The largest absolute Gasteiger partial charge is 0.493 e. The zero-order valence-electron chi connectivity index (χ0n) is 27.1. The number of halogens is 2. The van der Waals surface area contributed by atoms with Gasteiger partial charge < -0.3 is 14.4 Å². The normalized spacial score (nSPS) is 17.9. The monoisotopic (exact) mass is 681 g/mol. The van der Waals surface area contributed by atoms with Crippen LogP contribution in [-0.2, 0) is 9.59 Å². The summed E-state index contributed by atoms with van der Waals surface area (Å²) in [6, 6.07) is 27.3. The number of likely N-dealkylation sites (tertiary alicyclic amines) is 1. The molecule has 0 unspecified atom stereocenters. The van der Waals surface area contributed by atoms with E-state index in [1.165, 1.54) is 11.1 Å². The molecule has 0 saturated carbocycles. The zero-order chi connectivity index (χ0) is 31.2. The minimum atomic E-state index is -0.00607. The molecular formula is C36H45Cl2N5O4. The van der Waals surface area contributed by atoms with Crippen molar-refractivity contribution in [1.29, 1.82) is 0 Å². The Bertz CT molecular complexity index is 1450. The zero-order valence-corrected chi connectivity index (χ0v) is 28.8. The lowest BCUT2D eigenvalue weighted by Gasteiger charge is -2.41. The van der Waals surface area contributed by atoms with Crippen molar-refractivity contribution in [3.63, 3.8) is 0 Å². The van der Waals surface area contributed by atoms with Gasteiger partial charge in [-0.25, -0.2) is 5.01 Å². The third-order valence-corrected chi connectivity index (χ3v) is 9.30. The van der Waals surface area contributed by atoms with Gasteiger partial charge in [0.1, 0.15) is 0 Å². The molecule has 6 rings (SSSR count). The standard InChI is InChI=1S/C36H43N5O4.2ClH/c1-44-32-15-13-29(25-33(32)45-2)31-14-16-34(42)41(37-31)30-17-19-39(20-18-30)35(43)26-38-21-23-40(24-22-38)36(27-9-5-3-6-10-27)28-11-7-4-8-12-28;;/h3-13,15,25,30,36H,14,16-24,26H2,1-2H3;2*1H. The summed E-state index contributed by atoms with van der Waals surface area (Å²) >= 11 is 0. The number of ether oxygens (including phenoxy) is 2. The van der Waals surface area contributed by atoms with Gasteiger partial charge in [0.15, 0.2) is 11.5 Å². The number of benzene rings is 3. The third-order valence-electron chi connectivity index (χ3n) is 9.30. The fourth-order valence-corrected chi connectivity index (χ4v) is 6.79. The Morgan fingerprint density at radius 3 is 1.96 bits per heavy atom. The molecule has 9 nitrogen and oxygen atoms in total. The maximum atomic E-state index is 13.4. The average molecular weight is 683 g/mol. The van der Waals surface area contributed by atoms with Crippen LogP contribution in [0.2, 0.25) is 0 Å². The molecular weight excluding hydrogens is 637 g/mol. The maximum Gasteiger partial charge on any atom is 0.243 e. The van der Waals surface area contributed by atoms with Gasteiger partial charge in [0.25, 0.3) is 0 Å². The molecule has 2 saturated heterocycles. The molecule has 3 aromatic rings. The molecule has 3 aliphatic rings. The number of hydrogen-bond acceptors (Lipinski definition) is 7. The van der Waals surface area contributed by atoms with Gasteiger partial charge in [0.2, 0.25) is 11.8 Å². The first kappa shape index (κ1) is 36.2. The van der Waals surface area contributed by atoms with E-state index >= 15 is 0 Å². The molecule has 252 valence electrons. The molecule has 3 aromatic carbocycles. The Balaban J connectivity index is 0.00000250. The lowest BCUT2D eigenvalue weighted by atomic mass is 9.96. The Morgan fingerprint density at radius 1 is 0.787 bits per heavy atom. The van der Waals surface area contributed by atoms with Crippen LogP contribution >= 0.6 is 24.8 Å². The van der Waals surface area contributed by atoms with Gasteiger partial charge in [-0.1, -0.05) is 60.7 Å². The number of methoxy groups -OCH3 is 2. The molecule has 47 heavy (non-hydrogen) atoms. The molecule has 0 spiro atoms. The summed E-state index contributed by atoms with van der Waals surface area (Å²) in [4.78, 5) is 33.1. The second kappa shape index (κ2) is 17.0. The van der Waals surface area contributed by atoms with Crippen molar-refractivity contribution in [3.8, 4) is 11.5 Å². The number of piperazine rings is 1. The van der Waals surface area contributed by atoms with Crippen LogP contribution in [0.1, 0.15) is 48.4 Å². The first-order chi connectivity index (χ1) is 22.0. The van der Waals surface area contributed by atoms with Crippen LogP contribution in [0.5, 0.6) is 11.5 Å². The Kier molecular flexibility index (Phi) is 13.1. The second-order valence-electron chi connectivity index (χ2n) is 12.0. The van der Waals surface area contributed by atoms with Gasteiger partial charge >= 0.3 is 0 Å². The highest BCUT2D eigenvalue weighted by atomic mass is 35.5. The summed E-state index contributed by atoms with van der Waals surface area (Å²) in [6.07, 6.45) is 2.47. The van der Waals surface area contributed by atoms with Gasteiger partial charge in [0.05, 0.1) is 38.6 Å². The van der Waals surface area contributed by atoms with Gasteiger partial charge in [-0.05, 0) is 42.2 Å². The van der Waals surface area contributed by atoms with Crippen LogP contribution in [0.3, 0.4) is 0 Å². The van der Waals surface area contributed by atoms with Crippen LogP contribution < -0.4 is 9.47 Å². The molecule has 2 fully saturated rings. The van der Waals surface area contributed by atoms with E-state index in [1.807, 2.05) is 23.1 Å². The summed E-state index contributed by atoms with van der Waals surface area (Å²) < 4.78 is 10.8. The molecule has 2 amide bonds. The van der Waals surface area contributed by atoms with Crippen LogP contribution in [0.4, 0.5) is 0 Å². The predicted octanol–water partition coefficient (Wildman–Crippen LogP) is 5.27. The van der Waals surface area contributed by atoms with Crippen LogP contribution in [0.15, 0.2) is 84.0 Å². The van der Waals surface area contributed by atoms with Gasteiger partial charge in [0, 0.05) is 57.7 Å². The average Bonchev–Trinajstić information content (AvgIpc) is 3.10. The van der Waals surface area contributed by atoms with Crippen molar-refractivity contribution in [3.05, 3.63) is 95.6 Å². The summed E-state index contributed by atoms with van der Waals surface area (Å²) in [7, 11) is 3.23. The fourth-order valence-electron chi connectivity index (χ4n) is 6.79. The van der Waals surface area contributed by atoms with Crippen LogP contribution in [0, 0.1) is 0 Å². The van der Waals surface area contributed by atoms with E-state index < -0.39 is 0 Å². The van der Waals surface area contributed by atoms with E-state index in [0.29, 0.717) is 44.0 Å². The highest BCUT2D eigenvalue weighted by molar-refractivity contribution is 6.04.